The summed E-state index contributed by atoms with van der Waals surface area (Å²) in [5.41, 5.74) is 0. The summed E-state index contributed by atoms with van der Waals surface area (Å²) in [6.07, 6.45) is 1.79. The molecule has 0 saturated heterocycles. The Morgan fingerprint density at radius 3 is 3.00 bits per heavy atom. The van der Waals surface area contributed by atoms with Gasteiger partial charge in [-0.15, -0.1) is 0 Å². The van der Waals surface area contributed by atoms with Crippen molar-refractivity contribution in [2.75, 3.05) is 13.2 Å². The number of carbonyl (C=O) groups is 1. The van der Waals surface area contributed by atoms with E-state index in [4.69, 9.17) is 10.00 Å². The van der Waals surface area contributed by atoms with E-state index in [0.717, 1.165) is 0 Å². The van der Waals surface area contributed by atoms with Crippen LogP contribution in [0.15, 0.2) is 0 Å². The number of hydrogen-bond acceptors (Lipinski definition) is 3. The third kappa shape index (κ3) is 5.06. The van der Waals surface area contributed by atoms with Gasteiger partial charge in [0.05, 0.1) is 13.0 Å². The summed E-state index contributed by atoms with van der Waals surface area (Å²) in [4.78, 5) is 10.5. The number of nitriles is 1. The standard InChI is InChI=1S/C6H10N2O2/c1-2-10-4-3-6(9)8-5-7/h2-4H2,1H3,(H,8,9). The molecule has 10 heavy (non-hydrogen) atoms. The first-order valence-corrected chi connectivity index (χ1v) is 3.07. The van der Waals surface area contributed by atoms with Crippen molar-refractivity contribution >= 4 is 5.91 Å². The maximum atomic E-state index is 10.5. The van der Waals surface area contributed by atoms with E-state index >= 15 is 0 Å². The average molecular weight is 142 g/mol. The SMILES string of the molecule is CCOCCC(=O)NC#N. The van der Waals surface area contributed by atoms with Crippen molar-refractivity contribution in [2.45, 2.75) is 13.3 Å². The van der Waals surface area contributed by atoms with Crippen LogP contribution in [-0.2, 0) is 9.53 Å². The van der Waals surface area contributed by atoms with Crippen LogP contribution in [0.1, 0.15) is 13.3 Å². The largest absolute Gasteiger partial charge is 0.381 e. The number of rotatable bonds is 4. The van der Waals surface area contributed by atoms with Crippen molar-refractivity contribution in [1.29, 1.82) is 5.26 Å². The van der Waals surface area contributed by atoms with Crippen molar-refractivity contribution in [3.63, 3.8) is 0 Å². The van der Waals surface area contributed by atoms with Crippen molar-refractivity contribution in [3.05, 3.63) is 0 Å². The zero-order valence-corrected chi connectivity index (χ0v) is 5.89. The topological polar surface area (TPSA) is 62.1 Å². The third-order valence-corrected chi connectivity index (χ3v) is 0.873. The van der Waals surface area contributed by atoms with Gasteiger partial charge in [-0.25, -0.2) is 0 Å². The lowest BCUT2D eigenvalue weighted by Gasteiger charge is -1.96. The molecule has 0 aliphatic heterocycles. The first-order chi connectivity index (χ1) is 4.81. The van der Waals surface area contributed by atoms with Gasteiger partial charge < -0.3 is 4.74 Å². The highest BCUT2D eigenvalue weighted by atomic mass is 16.5. The molecule has 1 N–H and O–H groups in total. The Bertz CT molecular complexity index is 139. The Labute approximate surface area is 59.8 Å². The van der Waals surface area contributed by atoms with Crippen LogP contribution in [0.2, 0.25) is 0 Å². The van der Waals surface area contributed by atoms with Gasteiger partial charge in [0, 0.05) is 6.61 Å². The Morgan fingerprint density at radius 1 is 1.80 bits per heavy atom. The lowest BCUT2D eigenvalue weighted by atomic mass is 10.4. The Morgan fingerprint density at radius 2 is 2.50 bits per heavy atom. The fraction of sp³-hybridized carbons (Fsp3) is 0.667. The fourth-order valence-corrected chi connectivity index (χ4v) is 0.434. The van der Waals surface area contributed by atoms with Crippen molar-refractivity contribution < 1.29 is 9.53 Å². The molecule has 56 valence electrons. The minimum Gasteiger partial charge on any atom is -0.381 e. The van der Waals surface area contributed by atoms with E-state index in [-0.39, 0.29) is 12.3 Å². The normalized spacial score (nSPS) is 8.40. The summed E-state index contributed by atoms with van der Waals surface area (Å²) in [5.74, 6) is -0.295. The van der Waals surface area contributed by atoms with Gasteiger partial charge in [-0.05, 0) is 6.92 Å². The first kappa shape index (κ1) is 8.92. The van der Waals surface area contributed by atoms with Gasteiger partial charge in [0.15, 0.2) is 6.19 Å². The minimum absolute atomic E-state index is 0.251. The number of carbonyl (C=O) groups excluding carboxylic acids is 1. The zero-order valence-electron chi connectivity index (χ0n) is 5.89. The van der Waals surface area contributed by atoms with Crippen LogP contribution in [0, 0.1) is 11.5 Å². The Balaban J connectivity index is 3.15. The lowest BCUT2D eigenvalue weighted by molar-refractivity contribution is -0.121. The summed E-state index contributed by atoms with van der Waals surface area (Å²) in [6.45, 7) is 2.83. The summed E-state index contributed by atoms with van der Waals surface area (Å²) in [5, 5.41) is 9.96. The molecule has 0 radical (unpaired) electrons. The van der Waals surface area contributed by atoms with Crippen LogP contribution in [0.25, 0.3) is 0 Å². The van der Waals surface area contributed by atoms with Gasteiger partial charge in [-0.1, -0.05) is 0 Å². The van der Waals surface area contributed by atoms with Crippen LogP contribution in [0.4, 0.5) is 0 Å². The van der Waals surface area contributed by atoms with Crippen LogP contribution < -0.4 is 5.32 Å². The van der Waals surface area contributed by atoms with Crippen molar-refractivity contribution in [3.8, 4) is 6.19 Å². The first-order valence-electron chi connectivity index (χ1n) is 3.07. The maximum Gasteiger partial charge on any atom is 0.235 e. The molecule has 4 nitrogen and oxygen atoms in total. The van der Waals surface area contributed by atoms with E-state index in [0.29, 0.717) is 13.2 Å². The number of nitrogens with one attached hydrogen (secondary N) is 1. The van der Waals surface area contributed by atoms with Gasteiger partial charge in [0.2, 0.25) is 5.91 Å². The molecule has 0 fully saturated rings. The predicted molar refractivity (Wildman–Crippen MR) is 34.9 cm³/mol. The van der Waals surface area contributed by atoms with E-state index in [2.05, 4.69) is 0 Å². The second-order valence-electron chi connectivity index (χ2n) is 1.61. The smallest absolute Gasteiger partial charge is 0.235 e. The van der Waals surface area contributed by atoms with Gasteiger partial charge in [0.1, 0.15) is 0 Å². The van der Waals surface area contributed by atoms with Crippen LogP contribution in [0.5, 0.6) is 0 Å². The number of ether oxygens (including phenoxy) is 1. The van der Waals surface area contributed by atoms with Crippen LogP contribution >= 0.6 is 0 Å². The number of hydrogen-bond donors (Lipinski definition) is 1. The van der Waals surface area contributed by atoms with Crippen molar-refractivity contribution in [2.24, 2.45) is 0 Å². The monoisotopic (exact) mass is 142 g/mol. The molecule has 0 spiro atoms. The molecular formula is C6H10N2O2. The molecule has 0 unspecified atom stereocenters. The molecule has 0 bridgehead atoms. The highest BCUT2D eigenvalue weighted by molar-refractivity contribution is 5.77. The molecule has 1 amide bonds. The fourth-order valence-electron chi connectivity index (χ4n) is 0.434. The van der Waals surface area contributed by atoms with Gasteiger partial charge in [-0.2, -0.15) is 5.26 Å². The molecule has 0 heterocycles. The second-order valence-corrected chi connectivity index (χ2v) is 1.61. The second kappa shape index (κ2) is 6.05. The summed E-state index contributed by atoms with van der Waals surface area (Å²) < 4.78 is 4.88. The molecular weight excluding hydrogens is 132 g/mol. The number of amides is 1. The highest BCUT2D eigenvalue weighted by Crippen LogP contribution is 1.80. The summed E-state index contributed by atoms with van der Waals surface area (Å²) in [7, 11) is 0. The van der Waals surface area contributed by atoms with Crippen LogP contribution in [-0.4, -0.2) is 19.1 Å². The third-order valence-electron chi connectivity index (χ3n) is 0.873. The molecule has 0 rings (SSSR count). The van der Waals surface area contributed by atoms with Gasteiger partial charge in [-0.3, -0.25) is 10.1 Å². The van der Waals surface area contributed by atoms with E-state index < -0.39 is 0 Å². The summed E-state index contributed by atoms with van der Waals surface area (Å²) >= 11 is 0. The predicted octanol–water partition coefficient (Wildman–Crippen LogP) is 0.0103. The Hall–Kier alpha value is -1.08. The molecule has 0 aliphatic carbocycles. The number of nitrogens with zero attached hydrogens (tertiary/aromatic N) is 1. The van der Waals surface area contributed by atoms with Gasteiger partial charge in [0.25, 0.3) is 0 Å². The van der Waals surface area contributed by atoms with Gasteiger partial charge >= 0.3 is 0 Å². The zero-order chi connectivity index (χ0) is 7.82. The van der Waals surface area contributed by atoms with E-state index in [9.17, 15) is 4.79 Å². The molecule has 4 heteroatoms. The molecule has 0 saturated carbocycles. The molecule has 0 aliphatic rings. The van der Waals surface area contributed by atoms with E-state index in [1.54, 1.807) is 0 Å². The molecule has 0 atom stereocenters. The van der Waals surface area contributed by atoms with E-state index in [1.165, 1.54) is 6.19 Å². The lowest BCUT2D eigenvalue weighted by Crippen LogP contribution is -2.18. The highest BCUT2D eigenvalue weighted by Gasteiger charge is 1.97. The molecule has 0 aromatic carbocycles. The molecule has 0 aromatic rings. The molecule has 0 aromatic heterocycles. The quantitative estimate of drug-likeness (QED) is 0.341. The van der Waals surface area contributed by atoms with Crippen molar-refractivity contribution in [1.82, 2.24) is 5.32 Å². The van der Waals surface area contributed by atoms with Crippen LogP contribution in [0.3, 0.4) is 0 Å². The summed E-state index contributed by atoms with van der Waals surface area (Å²) in [6, 6.07) is 0. The minimum atomic E-state index is -0.295. The average Bonchev–Trinajstić information content (AvgIpc) is 1.89. The maximum absolute atomic E-state index is 10.5. The Kier molecular flexibility index (Phi) is 5.39. The van der Waals surface area contributed by atoms with E-state index in [1.807, 2.05) is 12.2 Å².